The second kappa shape index (κ2) is 5.83. The Morgan fingerprint density at radius 3 is 2.76 bits per heavy atom. The molecule has 1 saturated carbocycles. The lowest BCUT2D eigenvalue weighted by Gasteiger charge is -2.36. The summed E-state index contributed by atoms with van der Waals surface area (Å²) in [6.07, 6.45) is 5.90. The smallest absolute Gasteiger partial charge is 0.268 e. The molecule has 1 aliphatic heterocycles. The number of thiazole rings is 1. The summed E-state index contributed by atoms with van der Waals surface area (Å²) in [5.41, 5.74) is 5.98. The second-order valence-electron chi connectivity index (χ2n) is 6.49. The summed E-state index contributed by atoms with van der Waals surface area (Å²) in [6, 6.07) is 0.797. The van der Waals surface area contributed by atoms with Gasteiger partial charge in [-0.25, -0.2) is 4.98 Å². The fourth-order valence-electron chi connectivity index (χ4n) is 2.98. The monoisotopic (exact) mass is 308 g/mol. The number of hydrogen-bond acceptors (Lipinski definition) is 5. The van der Waals surface area contributed by atoms with E-state index in [1.54, 1.807) is 0 Å². The fraction of sp³-hybridized carbons (Fsp3) is 0.733. The van der Waals surface area contributed by atoms with Crippen LogP contribution in [0.3, 0.4) is 0 Å². The van der Waals surface area contributed by atoms with Crippen LogP contribution in [0.25, 0.3) is 0 Å². The number of aromatic nitrogens is 1. The Morgan fingerprint density at radius 2 is 2.10 bits per heavy atom. The van der Waals surface area contributed by atoms with Crippen molar-refractivity contribution in [2.45, 2.75) is 58.0 Å². The number of nitrogens with zero attached hydrogens (tertiary/aromatic N) is 2. The van der Waals surface area contributed by atoms with E-state index in [1.165, 1.54) is 37.0 Å². The molecule has 2 fully saturated rings. The molecule has 1 saturated heterocycles. The molecular weight excluding hydrogens is 284 g/mol. The van der Waals surface area contributed by atoms with E-state index >= 15 is 0 Å². The lowest BCUT2D eigenvalue weighted by Crippen LogP contribution is -2.44. The van der Waals surface area contributed by atoms with Crippen molar-refractivity contribution in [2.24, 2.45) is 5.92 Å². The third-order valence-corrected chi connectivity index (χ3v) is 5.65. The number of piperidine rings is 1. The van der Waals surface area contributed by atoms with Crippen LogP contribution in [0.2, 0.25) is 0 Å². The van der Waals surface area contributed by atoms with E-state index in [0.717, 1.165) is 18.1 Å². The molecule has 3 rings (SSSR count). The first-order valence-electron chi connectivity index (χ1n) is 7.88. The molecule has 1 amide bonds. The van der Waals surface area contributed by atoms with Crippen LogP contribution in [-0.4, -0.2) is 34.4 Å². The van der Waals surface area contributed by atoms with Gasteiger partial charge in [-0.3, -0.25) is 4.79 Å². The molecule has 0 radical (unpaired) electrons. The summed E-state index contributed by atoms with van der Waals surface area (Å²) in [6.45, 7) is 5.14. The zero-order valence-corrected chi connectivity index (χ0v) is 13.6. The molecule has 2 heterocycles. The summed E-state index contributed by atoms with van der Waals surface area (Å²) < 4.78 is 0. The van der Waals surface area contributed by atoms with Crippen molar-refractivity contribution in [3.8, 4) is 0 Å². The quantitative estimate of drug-likeness (QED) is 0.900. The van der Waals surface area contributed by atoms with Gasteiger partial charge in [0.1, 0.15) is 10.7 Å². The Labute approximate surface area is 129 Å². The zero-order chi connectivity index (χ0) is 15.0. The Bertz CT molecular complexity index is 526. The largest absolute Gasteiger partial charge is 0.382 e. The number of anilines is 2. The molecule has 6 heteroatoms. The van der Waals surface area contributed by atoms with E-state index in [1.807, 2.05) is 4.90 Å². The first-order chi connectivity index (χ1) is 10.0. The highest BCUT2D eigenvalue weighted by atomic mass is 32.1. The van der Waals surface area contributed by atoms with Gasteiger partial charge in [0.05, 0.1) is 0 Å². The van der Waals surface area contributed by atoms with Gasteiger partial charge in [0, 0.05) is 18.6 Å². The number of nitrogens with two attached hydrogens (primary N) is 1. The molecule has 2 unspecified atom stereocenters. The van der Waals surface area contributed by atoms with Crippen LogP contribution in [0, 0.1) is 5.92 Å². The van der Waals surface area contributed by atoms with Gasteiger partial charge >= 0.3 is 0 Å². The molecule has 5 nitrogen and oxygen atoms in total. The third-order valence-electron chi connectivity index (χ3n) is 4.66. The van der Waals surface area contributed by atoms with E-state index in [0.29, 0.717) is 28.7 Å². The lowest BCUT2D eigenvalue weighted by molar-refractivity contribution is 0.0580. The zero-order valence-electron chi connectivity index (χ0n) is 12.8. The van der Waals surface area contributed by atoms with E-state index in [9.17, 15) is 4.79 Å². The fourth-order valence-corrected chi connectivity index (χ4v) is 3.89. The predicted molar refractivity (Wildman–Crippen MR) is 86.7 cm³/mol. The molecule has 21 heavy (non-hydrogen) atoms. The number of likely N-dealkylation sites (tertiary alicyclic amines) is 1. The third kappa shape index (κ3) is 3.00. The van der Waals surface area contributed by atoms with Crippen molar-refractivity contribution >= 4 is 28.2 Å². The van der Waals surface area contributed by atoms with E-state index in [2.05, 4.69) is 24.1 Å². The topological polar surface area (TPSA) is 71.2 Å². The van der Waals surface area contributed by atoms with Crippen molar-refractivity contribution in [2.75, 3.05) is 17.6 Å². The van der Waals surface area contributed by atoms with Crippen LogP contribution in [0.15, 0.2) is 0 Å². The maximum Gasteiger partial charge on any atom is 0.268 e. The maximum atomic E-state index is 12.7. The number of carbonyl (C=O) groups is 1. The molecular formula is C15H24N4OS. The van der Waals surface area contributed by atoms with Crippen LogP contribution >= 0.6 is 11.3 Å². The normalized spacial score (nSPS) is 26.5. The predicted octanol–water partition coefficient (Wildman–Crippen LogP) is 2.95. The highest BCUT2D eigenvalue weighted by molar-refractivity contribution is 7.18. The molecule has 0 aromatic carbocycles. The molecule has 0 bridgehead atoms. The Hall–Kier alpha value is -1.30. The minimum atomic E-state index is 0.0470. The first-order valence-corrected chi connectivity index (χ1v) is 8.70. The summed E-state index contributed by atoms with van der Waals surface area (Å²) in [7, 11) is 0. The lowest BCUT2D eigenvalue weighted by atomic mass is 9.93. The number of hydrogen-bond donors (Lipinski definition) is 2. The number of nitrogen functional groups attached to an aromatic ring is 1. The molecule has 1 aromatic heterocycles. The minimum absolute atomic E-state index is 0.0470. The van der Waals surface area contributed by atoms with E-state index < -0.39 is 0 Å². The van der Waals surface area contributed by atoms with Crippen LogP contribution < -0.4 is 11.1 Å². The highest BCUT2D eigenvalue weighted by Crippen LogP contribution is 2.32. The minimum Gasteiger partial charge on any atom is -0.382 e. The van der Waals surface area contributed by atoms with E-state index in [-0.39, 0.29) is 5.91 Å². The Morgan fingerprint density at radius 1 is 1.33 bits per heavy atom. The van der Waals surface area contributed by atoms with Crippen molar-refractivity contribution in [3.63, 3.8) is 0 Å². The first kappa shape index (κ1) is 14.6. The Kier molecular flexibility index (Phi) is 4.06. The van der Waals surface area contributed by atoms with E-state index in [4.69, 9.17) is 5.73 Å². The van der Waals surface area contributed by atoms with Crippen molar-refractivity contribution in [1.82, 2.24) is 9.88 Å². The van der Waals surface area contributed by atoms with Crippen molar-refractivity contribution < 1.29 is 4.79 Å². The van der Waals surface area contributed by atoms with Gasteiger partial charge in [0.2, 0.25) is 0 Å². The molecule has 2 aliphatic rings. The summed E-state index contributed by atoms with van der Waals surface area (Å²) in [5.74, 6) is 0.981. The van der Waals surface area contributed by atoms with Crippen LogP contribution in [0.5, 0.6) is 0 Å². The standard InChI is InChI=1S/C15H24N4OS/c1-9-6-7-10(2)19(8-9)14(20)12-13(16)18-15(21-12)17-11-4-3-5-11/h9-11H,3-8,16H2,1-2H3,(H,17,18). The van der Waals surface area contributed by atoms with Gasteiger partial charge in [-0.1, -0.05) is 18.3 Å². The van der Waals surface area contributed by atoms with Gasteiger partial charge < -0.3 is 16.0 Å². The van der Waals surface area contributed by atoms with Crippen LogP contribution in [0.1, 0.15) is 55.6 Å². The molecule has 116 valence electrons. The van der Waals surface area contributed by atoms with Gasteiger partial charge in [-0.15, -0.1) is 0 Å². The van der Waals surface area contributed by atoms with Gasteiger partial charge in [-0.2, -0.15) is 0 Å². The number of carbonyl (C=O) groups excluding carboxylic acids is 1. The number of nitrogens with one attached hydrogen (secondary N) is 1. The van der Waals surface area contributed by atoms with Gasteiger partial charge in [-0.05, 0) is 44.9 Å². The van der Waals surface area contributed by atoms with Crippen molar-refractivity contribution in [3.05, 3.63) is 4.88 Å². The maximum absolute atomic E-state index is 12.7. The highest BCUT2D eigenvalue weighted by Gasteiger charge is 2.30. The van der Waals surface area contributed by atoms with Gasteiger partial charge in [0.25, 0.3) is 5.91 Å². The molecule has 0 spiro atoms. The van der Waals surface area contributed by atoms with Crippen LogP contribution in [-0.2, 0) is 0 Å². The summed E-state index contributed by atoms with van der Waals surface area (Å²) in [4.78, 5) is 19.6. The molecule has 1 aliphatic carbocycles. The average molecular weight is 308 g/mol. The average Bonchev–Trinajstić information content (AvgIpc) is 2.77. The van der Waals surface area contributed by atoms with Crippen LogP contribution in [0.4, 0.5) is 10.9 Å². The number of rotatable bonds is 3. The second-order valence-corrected chi connectivity index (χ2v) is 7.49. The SMILES string of the molecule is CC1CCC(C)N(C(=O)c2sc(NC3CCC3)nc2N)C1. The molecule has 1 aromatic rings. The number of amides is 1. The molecule has 2 atom stereocenters. The summed E-state index contributed by atoms with van der Waals surface area (Å²) >= 11 is 1.40. The Balaban J connectivity index is 1.73. The molecule has 3 N–H and O–H groups in total. The summed E-state index contributed by atoms with van der Waals surface area (Å²) in [5, 5.41) is 4.16. The van der Waals surface area contributed by atoms with Crippen molar-refractivity contribution in [1.29, 1.82) is 0 Å². The van der Waals surface area contributed by atoms with Gasteiger partial charge in [0.15, 0.2) is 5.13 Å².